The summed E-state index contributed by atoms with van der Waals surface area (Å²) in [6.45, 7) is 12.7. The second-order valence-corrected chi connectivity index (χ2v) is 5.29. The predicted octanol–water partition coefficient (Wildman–Crippen LogP) is 1.21. The van der Waals surface area contributed by atoms with Crippen molar-refractivity contribution in [2.45, 2.75) is 53.1 Å². The van der Waals surface area contributed by atoms with Crippen molar-refractivity contribution in [3.05, 3.63) is 0 Å². The SMILES string of the molecule is CC(C)CNC(=O)C(C)N(CCCN)C(C)C. The number of hydrogen-bond acceptors (Lipinski definition) is 3. The van der Waals surface area contributed by atoms with Gasteiger partial charge in [-0.2, -0.15) is 0 Å². The fraction of sp³-hybridized carbons (Fsp3) is 0.923. The summed E-state index contributed by atoms with van der Waals surface area (Å²) in [4.78, 5) is 14.2. The molecular weight excluding hydrogens is 214 g/mol. The standard InChI is InChI=1S/C13H29N3O/c1-10(2)9-15-13(17)12(5)16(11(3)4)8-6-7-14/h10-12H,6-9,14H2,1-5H3,(H,15,17). The molecule has 3 N–H and O–H groups in total. The largest absolute Gasteiger partial charge is 0.354 e. The molecule has 0 fully saturated rings. The molecule has 0 aliphatic carbocycles. The maximum absolute atomic E-state index is 12.0. The summed E-state index contributed by atoms with van der Waals surface area (Å²) in [6.07, 6.45) is 0.931. The summed E-state index contributed by atoms with van der Waals surface area (Å²) in [6, 6.07) is 0.279. The number of amides is 1. The zero-order valence-corrected chi connectivity index (χ0v) is 12.0. The Morgan fingerprint density at radius 1 is 1.24 bits per heavy atom. The lowest BCUT2D eigenvalue weighted by Gasteiger charge is -2.31. The second-order valence-electron chi connectivity index (χ2n) is 5.29. The van der Waals surface area contributed by atoms with Gasteiger partial charge in [0, 0.05) is 19.1 Å². The van der Waals surface area contributed by atoms with E-state index in [0.29, 0.717) is 18.5 Å². The Kier molecular flexibility index (Phi) is 8.17. The van der Waals surface area contributed by atoms with Gasteiger partial charge in [-0.25, -0.2) is 0 Å². The van der Waals surface area contributed by atoms with Gasteiger partial charge in [-0.3, -0.25) is 9.69 Å². The molecule has 17 heavy (non-hydrogen) atoms. The molecule has 102 valence electrons. The third-order valence-corrected chi connectivity index (χ3v) is 2.85. The Labute approximate surface area is 106 Å². The van der Waals surface area contributed by atoms with Crippen molar-refractivity contribution in [1.82, 2.24) is 10.2 Å². The minimum absolute atomic E-state index is 0.0831. The van der Waals surface area contributed by atoms with E-state index >= 15 is 0 Å². The van der Waals surface area contributed by atoms with E-state index in [2.05, 4.69) is 37.9 Å². The highest BCUT2D eigenvalue weighted by Gasteiger charge is 2.22. The molecule has 0 aromatic heterocycles. The van der Waals surface area contributed by atoms with E-state index in [9.17, 15) is 4.79 Å². The molecule has 4 heteroatoms. The highest BCUT2D eigenvalue weighted by Crippen LogP contribution is 2.06. The Morgan fingerprint density at radius 2 is 1.82 bits per heavy atom. The molecule has 1 atom stereocenters. The van der Waals surface area contributed by atoms with E-state index in [1.807, 2.05) is 6.92 Å². The first-order valence-electron chi connectivity index (χ1n) is 6.63. The van der Waals surface area contributed by atoms with Gasteiger partial charge in [0.15, 0.2) is 0 Å². The number of nitrogens with zero attached hydrogens (tertiary/aromatic N) is 1. The zero-order valence-electron chi connectivity index (χ0n) is 12.0. The van der Waals surface area contributed by atoms with Crippen LogP contribution in [0.4, 0.5) is 0 Å². The van der Waals surface area contributed by atoms with Crippen LogP contribution in [0.2, 0.25) is 0 Å². The van der Waals surface area contributed by atoms with Crippen LogP contribution >= 0.6 is 0 Å². The van der Waals surface area contributed by atoms with Crippen LogP contribution in [0.15, 0.2) is 0 Å². The topological polar surface area (TPSA) is 58.4 Å². The minimum Gasteiger partial charge on any atom is -0.354 e. The number of rotatable bonds is 8. The highest BCUT2D eigenvalue weighted by atomic mass is 16.2. The van der Waals surface area contributed by atoms with E-state index in [-0.39, 0.29) is 11.9 Å². The molecule has 0 bridgehead atoms. The van der Waals surface area contributed by atoms with Crippen LogP contribution in [0, 0.1) is 5.92 Å². The number of nitrogens with two attached hydrogens (primary N) is 1. The number of nitrogens with one attached hydrogen (secondary N) is 1. The van der Waals surface area contributed by atoms with Gasteiger partial charge in [-0.15, -0.1) is 0 Å². The summed E-state index contributed by atoms with van der Waals surface area (Å²) >= 11 is 0. The third-order valence-electron chi connectivity index (χ3n) is 2.85. The minimum atomic E-state index is -0.0831. The molecule has 0 saturated carbocycles. The third kappa shape index (κ3) is 6.64. The van der Waals surface area contributed by atoms with Gasteiger partial charge in [-0.05, 0) is 39.7 Å². The Bertz CT molecular complexity index is 217. The van der Waals surface area contributed by atoms with Crippen LogP contribution in [-0.2, 0) is 4.79 Å². The molecule has 0 aliphatic heterocycles. The fourth-order valence-electron chi connectivity index (χ4n) is 1.78. The van der Waals surface area contributed by atoms with Crippen LogP contribution in [0.5, 0.6) is 0 Å². The van der Waals surface area contributed by atoms with Crippen LogP contribution < -0.4 is 11.1 Å². The summed E-state index contributed by atoms with van der Waals surface area (Å²) in [5.41, 5.74) is 5.52. The summed E-state index contributed by atoms with van der Waals surface area (Å²) < 4.78 is 0. The number of carbonyl (C=O) groups excluding carboxylic acids is 1. The van der Waals surface area contributed by atoms with Gasteiger partial charge >= 0.3 is 0 Å². The first kappa shape index (κ1) is 16.4. The monoisotopic (exact) mass is 243 g/mol. The van der Waals surface area contributed by atoms with Crippen LogP contribution in [-0.4, -0.2) is 42.5 Å². The first-order chi connectivity index (χ1) is 7.90. The molecular formula is C13H29N3O. The molecule has 0 heterocycles. The van der Waals surface area contributed by atoms with Gasteiger partial charge in [-0.1, -0.05) is 13.8 Å². The van der Waals surface area contributed by atoms with Crippen LogP contribution in [0.3, 0.4) is 0 Å². The Hall–Kier alpha value is -0.610. The van der Waals surface area contributed by atoms with E-state index in [1.54, 1.807) is 0 Å². The first-order valence-corrected chi connectivity index (χ1v) is 6.63. The molecule has 0 aliphatic rings. The van der Waals surface area contributed by atoms with Crippen molar-refractivity contribution in [3.8, 4) is 0 Å². The van der Waals surface area contributed by atoms with Crippen molar-refractivity contribution in [2.75, 3.05) is 19.6 Å². The van der Waals surface area contributed by atoms with Gasteiger partial charge in [0.1, 0.15) is 0 Å². The van der Waals surface area contributed by atoms with Gasteiger partial charge in [0.05, 0.1) is 6.04 Å². The quantitative estimate of drug-likeness (QED) is 0.673. The summed E-state index contributed by atoms with van der Waals surface area (Å²) in [5.74, 6) is 0.604. The van der Waals surface area contributed by atoms with E-state index in [0.717, 1.165) is 19.5 Å². The normalized spacial score (nSPS) is 13.5. The van der Waals surface area contributed by atoms with Gasteiger partial charge < -0.3 is 11.1 Å². The lowest BCUT2D eigenvalue weighted by atomic mass is 10.1. The zero-order chi connectivity index (χ0) is 13.4. The van der Waals surface area contributed by atoms with Crippen molar-refractivity contribution < 1.29 is 4.79 Å². The van der Waals surface area contributed by atoms with Crippen molar-refractivity contribution in [2.24, 2.45) is 11.7 Å². The molecule has 0 radical (unpaired) electrons. The number of hydrogen-bond donors (Lipinski definition) is 2. The van der Waals surface area contributed by atoms with E-state index in [1.165, 1.54) is 0 Å². The molecule has 1 unspecified atom stereocenters. The smallest absolute Gasteiger partial charge is 0.237 e. The lowest BCUT2D eigenvalue weighted by Crippen LogP contribution is -2.49. The van der Waals surface area contributed by atoms with Crippen LogP contribution in [0.1, 0.15) is 41.0 Å². The molecule has 0 rings (SSSR count). The van der Waals surface area contributed by atoms with Crippen molar-refractivity contribution in [3.63, 3.8) is 0 Å². The molecule has 1 amide bonds. The van der Waals surface area contributed by atoms with E-state index in [4.69, 9.17) is 5.73 Å². The summed E-state index contributed by atoms with van der Waals surface area (Å²) in [7, 11) is 0. The Balaban J connectivity index is 4.28. The molecule has 0 spiro atoms. The average molecular weight is 243 g/mol. The van der Waals surface area contributed by atoms with Crippen molar-refractivity contribution >= 4 is 5.91 Å². The van der Waals surface area contributed by atoms with Crippen LogP contribution in [0.25, 0.3) is 0 Å². The maximum atomic E-state index is 12.0. The summed E-state index contributed by atoms with van der Waals surface area (Å²) in [5, 5.41) is 2.98. The molecule has 0 aromatic carbocycles. The lowest BCUT2D eigenvalue weighted by molar-refractivity contribution is -0.126. The van der Waals surface area contributed by atoms with Crippen molar-refractivity contribution in [1.29, 1.82) is 0 Å². The van der Waals surface area contributed by atoms with Gasteiger partial charge in [0.2, 0.25) is 5.91 Å². The molecule has 0 aromatic rings. The molecule has 4 nitrogen and oxygen atoms in total. The maximum Gasteiger partial charge on any atom is 0.237 e. The average Bonchev–Trinajstić information content (AvgIpc) is 2.25. The Morgan fingerprint density at radius 3 is 2.24 bits per heavy atom. The number of carbonyl (C=O) groups is 1. The fourth-order valence-corrected chi connectivity index (χ4v) is 1.78. The second kappa shape index (κ2) is 8.48. The molecule has 0 saturated heterocycles. The highest BCUT2D eigenvalue weighted by molar-refractivity contribution is 5.81. The van der Waals surface area contributed by atoms with E-state index < -0.39 is 0 Å². The van der Waals surface area contributed by atoms with Gasteiger partial charge in [0.25, 0.3) is 0 Å². The predicted molar refractivity (Wildman–Crippen MR) is 72.8 cm³/mol.